The van der Waals surface area contributed by atoms with E-state index in [1.165, 1.54) is 6.07 Å². The molecule has 1 aromatic rings. The standard InChI is InChI=1S/C23H36FN3O5S/c1-23(2,3)21(17-9-10-18(24)19(13-17)32-15-16-7-8-16)26-33(30,31)12-6-4-5-11-27-14-20(28)25-22(27)29/h9-10,13,16,21-22,26,29H,4-8,11-12,14-15H2,1-3H3,(H,25,28). The van der Waals surface area contributed by atoms with E-state index in [0.29, 0.717) is 43.9 Å². The quantitative estimate of drug-likeness (QED) is 0.393. The van der Waals surface area contributed by atoms with Gasteiger partial charge in [0.2, 0.25) is 15.9 Å². The number of hydrogen-bond acceptors (Lipinski definition) is 6. The maximum absolute atomic E-state index is 14.2. The lowest BCUT2D eigenvalue weighted by Crippen LogP contribution is -2.38. The molecular weight excluding hydrogens is 449 g/mol. The molecule has 10 heteroatoms. The van der Waals surface area contributed by atoms with E-state index in [0.717, 1.165) is 12.8 Å². The second-order valence-electron chi connectivity index (χ2n) is 10.2. The van der Waals surface area contributed by atoms with Crippen molar-refractivity contribution in [1.29, 1.82) is 0 Å². The highest BCUT2D eigenvalue weighted by atomic mass is 32.2. The first kappa shape index (κ1) is 25.9. The third kappa shape index (κ3) is 7.91. The Bertz CT molecular complexity index is 931. The van der Waals surface area contributed by atoms with Gasteiger partial charge in [-0.15, -0.1) is 0 Å². The minimum atomic E-state index is -3.58. The zero-order valence-electron chi connectivity index (χ0n) is 19.6. The van der Waals surface area contributed by atoms with E-state index < -0.39 is 33.6 Å². The van der Waals surface area contributed by atoms with E-state index in [-0.39, 0.29) is 24.0 Å². The van der Waals surface area contributed by atoms with Crippen molar-refractivity contribution in [3.63, 3.8) is 0 Å². The van der Waals surface area contributed by atoms with Crippen molar-refractivity contribution in [1.82, 2.24) is 14.9 Å². The van der Waals surface area contributed by atoms with Crippen LogP contribution < -0.4 is 14.8 Å². The predicted molar refractivity (Wildman–Crippen MR) is 123 cm³/mol. The summed E-state index contributed by atoms with van der Waals surface area (Å²) in [6, 6.07) is 4.00. The van der Waals surface area contributed by atoms with Crippen molar-refractivity contribution in [3.8, 4) is 5.75 Å². The Morgan fingerprint density at radius 1 is 1.27 bits per heavy atom. The van der Waals surface area contributed by atoms with Crippen LogP contribution in [0.25, 0.3) is 0 Å². The molecule has 1 aromatic carbocycles. The van der Waals surface area contributed by atoms with E-state index in [9.17, 15) is 22.7 Å². The van der Waals surface area contributed by atoms with Gasteiger partial charge in [0.25, 0.3) is 0 Å². The maximum Gasteiger partial charge on any atom is 0.237 e. The smallest absolute Gasteiger partial charge is 0.237 e. The highest BCUT2D eigenvalue weighted by molar-refractivity contribution is 7.89. The fourth-order valence-corrected chi connectivity index (χ4v) is 5.37. The molecule has 186 valence electrons. The number of unbranched alkanes of at least 4 members (excludes halogenated alkanes) is 2. The van der Waals surface area contributed by atoms with Gasteiger partial charge in [0.1, 0.15) is 0 Å². The van der Waals surface area contributed by atoms with Crippen LogP contribution in [0.5, 0.6) is 5.75 Å². The van der Waals surface area contributed by atoms with Crippen LogP contribution in [0.2, 0.25) is 0 Å². The number of aliphatic hydroxyl groups excluding tert-OH is 1. The molecule has 1 saturated heterocycles. The SMILES string of the molecule is CC(C)(C)C(NS(=O)(=O)CCCCCN1CC(=O)NC1O)c1ccc(F)c(OCC2CC2)c1. The van der Waals surface area contributed by atoms with Crippen LogP contribution in [0.1, 0.15) is 64.5 Å². The van der Waals surface area contributed by atoms with Crippen LogP contribution >= 0.6 is 0 Å². The van der Waals surface area contributed by atoms with Crippen molar-refractivity contribution in [2.24, 2.45) is 11.3 Å². The van der Waals surface area contributed by atoms with Gasteiger partial charge in [0, 0.05) is 6.54 Å². The predicted octanol–water partition coefficient (Wildman–Crippen LogP) is 2.50. The number of halogens is 1. The molecule has 2 unspecified atom stereocenters. The van der Waals surface area contributed by atoms with Gasteiger partial charge in [-0.05, 0) is 54.7 Å². The number of nitrogens with one attached hydrogen (secondary N) is 2. The van der Waals surface area contributed by atoms with Crippen molar-refractivity contribution < 1.29 is 27.4 Å². The van der Waals surface area contributed by atoms with Crippen molar-refractivity contribution in [2.45, 2.75) is 65.3 Å². The molecule has 1 amide bonds. The van der Waals surface area contributed by atoms with Crippen molar-refractivity contribution in [2.75, 3.05) is 25.4 Å². The minimum Gasteiger partial charge on any atom is -0.490 e. The van der Waals surface area contributed by atoms with Crippen LogP contribution in [0.15, 0.2) is 18.2 Å². The van der Waals surface area contributed by atoms with Crippen LogP contribution in [0.4, 0.5) is 4.39 Å². The lowest BCUT2D eigenvalue weighted by molar-refractivity contribution is -0.119. The number of benzene rings is 1. The number of aliphatic hydroxyl groups is 1. The van der Waals surface area contributed by atoms with E-state index in [4.69, 9.17) is 4.74 Å². The summed E-state index contributed by atoms with van der Waals surface area (Å²) in [5.74, 6) is -0.0642. The molecule has 33 heavy (non-hydrogen) atoms. The molecule has 1 aliphatic heterocycles. The average Bonchev–Trinajstić information content (AvgIpc) is 3.48. The first-order valence-corrected chi connectivity index (χ1v) is 13.2. The zero-order chi connectivity index (χ0) is 24.2. The Balaban J connectivity index is 1.55. The first-order chi connectivity index (χ1) is 15.4. The minimum absolute atomic E-state index is 0.0362. The number of carbonyl (C=O) groups excluding carboxylic acids is 1. The highest BCUT2D eigenvalue weighted by Gasteiger charge is 2.31. The Hall–Kier alpha value is -1.75. The summed E-state index contributed by atoms with van der Waals surface area (Å²) >= 11 is 0. The van der Waals surface area contributed by atoms with Gasteiger partial charge in [0.15, 0.2) is 17.9 Å². The van der Waals surface area contributed by atoms with Gasteiger partial charge in [-0.3, -0.25) is 9.69 Å². The third-order valence-corrected chi connectivity index (χ3v) is 7.39. The van der Waals surface area contributed by atoms with Crippen LogP contribution in [0, 0.1) is 17.2 Å². The lowest BCUT2D eigenvalue weighted by atomic mass is 9.83. The summed E-state index contributed by atoms with van der Waals surface area (Å²) in [5.41, 5.74) is 0.225. The molecule has 8 nitrogen and oxygen atoms in total. The number of carbonyl (C=O) groups is 1. The molecule has 3 N–H and O–H groups in total. The number of nitrogens with zero attached hydrogens (tertiary/aromatic N) is 1. The van der Waals surface area contributed by atoms with E-state index in [1.807, 2.05) is 20.8 Å². The maximum atomic E-state index is 14.2. The molecular formula is C23H36FN3O5S. The summed E-state index contributed by atoms with van der Waals surface area (Å²) in [6.07, 6.45) is 3.00. The van der Waals surface area contributed by atoms with Crippen LogP contribution in [-0.4, -0.2) is 56.1 Å². The van der Waals surface area contributed by atoms with Gasteiger partial charge in [-0.2, -0.15) is 0 Å². The molecule has 2 fully saturated rings. The molecule has 0 radical (unpaired) electrons. The highest BCUT2D eigenvalue weighted by Crippen LogP contribution is 2.36. The average molecular weight is 486 g/mol. The number of hydrogen-bond donors (Lipinski definition) is 3. The summed E-state index contributed by atoms with van der Waals surface area (Å²) in [4.78, 5) is 12.9. The van der Waals surface area contributed by atoms with Gasteiger partial charge in [0.05, 0.1) is 24.9 Å². The Morgan fingerprint density at radius 3 is 2.61 bits per heavy atom. The normalized spacial score (nSPS) is 20.6. The molecule has 1 aliphatic carbocycles. The molecule has 0 spiro atoms. The largest absolute Gasteiger partial charge is 0.490 e. The summed E-state index contributed by atoms with van der Waals surface area (Å²) < 4.78 is 48.3. The number of ether oxygens (including phenoxy) is 1. The molecule has 0 aromatic heterocycles. The molecule has 1 saturated carbocycles. The third-order valence-electron chi connectivity index (χ3n) is 5.96. The van der Waals surface area contributed by atoms with Crippen LogP contribution in [-0.2, 0) is 14.8 Å². The van der Waals surface area contributed by atoms with Gasteiger partial charge in [-0.25, -0.2) is 17.5 Å². The van der Waals surface area contributed by atoms with Crippen molar-refractivity contribution >= 4 is 15.9 Å². The fraction of sp³-hybridized carbons (Fsp3) is 0.696. The first-order valence-electron chi connectivity index (χ1n) is 11.6. The number of amides is 1. The second-order valence-corrected chi connectivity index (χ2v) is 12.0. The van der Waals surface area contributed by atoms with Crippen LogP contribution in [0.3, 0.4) is 0 Å². The van der Waals surface area contributed by atoms with E-state index in [2.05, 4.69) is 10.0 Å². The fourth-order valence-electron chi connectivity index (χ4n) is 3.82. The molecule has 0 bridgehead atoms. The second kappa shape index (κ2) is 10.7. The topological polar surface area (TPSA) is 108 Å². The number of sulfonamides is 1. The van der Waals surface area contributed by atoms with Gasteiger partial charge in [-0.1, -0.05) is 33.3 Å². The molecule has 2 atom stereocenters. The summed E-state index contributed by atoms with van der Waals surface area (Å²) in [5, 5.41) is 12.1. The number of rotatable bonds is 12. The van der Waals surface area contributed by atoms with Gasteiger partial charge < -0.3 is 15.2 Å². The Morgan fingerprint density at radius 2 is 2.00 bits per heavy atom. The molecule has 1 heterocycles. The molecule has 3 rings (SSSR count). The van der Waals surface area contributed by atoms with Gasteiger partial charge >= 0.3 is 0 Å². The monoisotopic (exact) mass is 485 g/mol. The van der Waals surface area contributed by atoms with E-state index in [1.54, 1.807) is 17.0 Å². The summed E-state index contributed by atoms with van der Waals surface area (Å²) in [7, 11) is -3.58. The summed E-state index contributed by atoms with van der Waals surface area (Å²) in [6.45, 7) is 6.95. The zero-order valence-corrected chi connectivity index (χ0v) is 20.5. The van der Waals surface area contributed by atoms with Crippen molar-refractivity contribution in [3.05, 3.63) is 29.6 Å². The Kier molecular flexibility index (Phi) is 8.36. The lowest BCUT2D eigenvalue weighted by Gasteiger charge is -2.32. The molecule has 2 aliphatic rings. The van der Waals surface area contributed by atoms with E-state index >= 15 is 0 Å². The Labute approximate surface area is 195 Å².